The first-order chi connectivity index (χ1) is 12.1. The number of hydrogen-bond acceptors (Lipinski definition) is 6. The number of aromatic nitrogens is 2. The van der Waals surface area contributed by atoms with Crippen LogP contribution in [0.4, 0.5) is 0 Å². The molecule has 0 aliphatic rings. The molecule has 0 spiro atoms. The van der Waals surface area contributed by atoms with Crippen LogP contribution in [-0.4, -0.2) is 15.8 Å². The summed E-state index contributed by atoms with van der Waals surface area (Å²) in [5.74, 6) is -0.671. The second kappa shape index (κ2) is 6.97. The molecule has 0 saturated heterocycles. The van der Waals surface area contributed by atoms with Crippen molar-refractivity contribution in [3.8, 4) is 17.8 Å². The molecule has 6 heteroatoms. The molecule has 124 valence electrons. The van der Waals surface area contributed by atoms with Gasteiger partial charge in [-0.2, -0.15) is 5.26 Å². The van der Waals surface area contributed by atoms with Gasteiger partial charge in [-0.3, -0.25) is 4.79 Å². The van der Waals surface area contributed by atoms with Crippen molar-refractivity contribution in [1.29, 1.82) is 5.26 Å². The second-order valence-electron chi connectivity index (χ2n) is 5.47. The molecule has 1 atom stereocenters. The van der Waals surface area contributed by atoms with Gasteiger partial charge in [0.05, 0.1) is 6.07 Å². The van der Waals surface area contributed by atoms with E-state index in [1.807, 2.05) is 24.3 Å². The van der Waals surface area contributed by atoms with Crippen LogP contribution < -0.4 is 4.74 Å². The molecule has 0 radical (unpaired) electrons. The molecule has 0 aliphatic heterocycles. The first-order valence-electron chi connectivity index (χ1n) is 7.65. The van der Waals surface area contributed by atoms with Crippen LogP contribution in [0.3, 0.4) is 0 Å². The van der Waals surface area contributed by atoms with Gasteiger partial charge in [-0.15, -0.1) is 0 Å². The number of ketones is 1. The number of carbonyl (C=O) groups excluding carboxylic acids is 1. The van der Waals surface area contributed by atoms with Crippen molar-refractivity contribution in [2.45, 2.75) is 19.8 Å². The zero-order valence-electron chi connectivity index (χ0n) is 13.8. The maximum absolute atomic E-state index is 12.6. The molecular formula is C19H15N3O3. The Kier molecular flexibility index (Phi) is 4.57. The molecule has 0 bridgehead atoms. The number of hydrogen-bond donors (Lipinski definition) is 0. The van der Waals surface area contributed by atoms with Gasteiger partial charge < -0.3 is 9.15 Å². The van der Waals surface area contributed by atoms with E-state index >= 15 is 0 Å². The van der Waals surface area contributed by atoms with Gasteiger partial charge in [0.25, 0.3) is 5.95 Å². The minimum atomic E-state index is -1.13. The Bertz CT molecular complexity index is 922. The number of aryl methyl sites for hydroxylation is 2. The van der Waals surface area contributed by atoms with Crippen LogP contribution in [-0.2, 0) is 0 Å². The highest BCUT2D eigenvalue weighted by Gasteiger charge is 2.28. The number of ether oxygens (including phenoxy) is 1. The third-order valence-corrected chi connectivity index (χ3v) is 3.43. The van der Waals surface area contributed by atoms with Gasteiger partial charge in [-0.25, -0.2) is 9.97 Å². The molecular weight excluding hydrogens is 318 g/mol. The average Bonchev–Trinajstić information content (AvgIpc) is 3.04. The van der Waals surface area contributed by atoms with E-state index in [-0.39, 0.29) is 17.5 Å². The molecule has 0 fully saturated rings. The lowest BCUT2D eigenvalue weighted by molar-refractivity contribution is 0.0944. The lowest BCUT2D eigenvalue weighted by atomic mass is 10.0. The third kappa shape index (κ3) is 3.72. The molecule has 1 aromatic carbocycles. The first-order valence-corrected chi connectivity index (χ1v) is 7.65. The van der Waals surface area contributed by atoms with Crippen molar-refractivity contribution in [2.24, 2.45) is 0 Å². The van der Waals surface area contributed by atoms with Gasteiger partial charge in [0.15, 0.2) is 17.5 Å². The van der Waals surface area contributed by atoms with Crippen LogP contribution in [0.5, 0.6) is 11.7 Å². The molecule has 0 aliphatic carbocycles. The minimum absolute atomic E-state index is 0.0280. The summed E-state index contributed by atoms with van der Waals surface area (Å²) in [4.78, 5) is 21.0. The monoisotopic (exact) mass is 333 g/mol. The summed E-state index contributed by atoms with van der Waals surface area (Å²) in [6.45, 7) is 3.57. The Morgan fingerprint density at radius 3 is 2.44 bits per heavy atom. The Hall–Kier alpha value is -3.46. The Morgan fingerprint density at radius 2 is 1.80 bits per heavy atom. The van der Waals surface area contributed by atoms with Gasteiger partial charge in [0.2, 0.25) is 5.78 Å². The maximum Gasteiger partial charge on any atom is 0.290 e. The largest absolute Gasteiger partial charge is 0.426 e. The standard InChI is InChI=1S/C19H15N3O3/c1-12-10-13(2)22-19(21-12)15(11-20)18(23)16-8-9-17(25-16)24-14-6-4-3-5-7-14/h3-10,15H,1-2H3. The number of nitrogens with zero attached hydrogens (tertiary/aromatic N) is 3. The van der Waals surface area contributed by atoms with Crippen molar-refractivity contribution >= 4 is 5.78 Å². The fraction of sp³-hybridized carbons (Fsp3) is 0.158. The molecule has 1 unspecified atom stereocenters. The second-order valence-corrected chi connectivity index (χ2v) is 5.47. The smallest absolute Gasteiger partial charge is 0.290 e. The zero-order valence-corrected chi connectivity index (χ0v) is 13.8. The predicted molar refractivity (Wildman–Crippen MR) is 89.4 cm³/mol. The lowest BCUT2D eigenvalue weighted by Crippen LogP contribution is -2.15. The van der Waals surface area contributed by atoms with Gasteiger partial charge in [-0.1, -0.05) is 18.2 Å². The highest BCUT2D eigenvalue weighted by Crippen LogP contribution is 2.26. The Balaban J connectivity index is 1.83. The fourth-order valence-electron chi connectivity index (χ4n) is 2.37. The molecule has 2 heterocycles. The number of benzene rings is 1. The topological polar surface area (TPSA) is 89.0 Å². The summed E-state index contributed by atoms with van der Waals surface area (Å²) in [5, 5.41) is 9.41. The van der Waals surface area contributed by atoms with E-state index in [0.717, 1.165) is 0 Å². The molecule has 2 aromatic heterocycles. The molecule has 25 heavy (non-hydrogen) atoms. The number of Topliss-reactive ketones (excluding diaryl/α,β-unsaturated/α-hetero) is 1. The number of para-hydroxylation sites is 1. The van der Waals surface area contributed by atoms with Gasteiger partial charge in [0, 0.05) is 17.5 Å². The summed E-state index contributed by atoms with van der Waals surface area (Å²) in [6.07, 6.45) is 0. The molecule has 3 rings (SSSR count). The third-order valence-electron chi connectivity index (χ3n) is 3.43. The summed E-state index contributed by atoms with van der Waals surface area (Å²) in [7, 11) is 0. The number of furan rings is 1. The van der Waals surface area contributed by atoms with Crippen LogP contribution in [0.15, 0.2) is 52.9 Å². The SMILES string of the molecule is Cc1cc(C)nc(C(C#N)C(=O)c2ccc(Oc3ccccc3)o2)n1. The van der Waals surface area contributed by atoms with Gasteiger partial charge in [0.1, 0.15) is 5.75 Å². The van der Waals surface area contributed by atoms with Crippen LogP contribution >= 0.6 is 0 Å². The van der Waals surface area contributed by atoms with Crippen molar-refractivity contribution in [2.75, 3.05) is 0 Å². The highest BCUT2D eigenvalue weighted by molar-refractivity contribution is 6.00. The number of nitriles is 1. The van der Waals surface area contributed by atoms with Crippen LogP contribution in [0.2, 0.25) is 0 Å². The maximum atomic E-state index is 12.6. The van der Waals surface area contributed by atoms with E-state index in [4.69, 9.17) is 9.15 Å². The van der Waals surface area contributed by atoms with Crippen LogP contribution in [0.25, 0.3) is 0 Å². The van der Waals surface area contributed by atoms with E-state index in [1.54, 1.807) is 32.0 Å². The molecule has 0 amide bonds. The molecule has 3 aromatic rings. The highest BCUT2D eigenvalue weighted by atomic mass is 16.6. The average molecular weight is 333 g/mol. The molecule has 6 nitrogen and oxygen atoms in total. The van der Waals surface area contributed by atoms with E-state index in [1.165, 1.54) is 12.1 Å². The normalized spacial score (nSPS) is 11.6. The lowest BCUT2D eigenvalue weighted by Gasteiger charge is -2.07. The van der Waals surface area contributed by atoms with Gasteiger partial charge in [-0.05, 0) is 38.1 Å². The van der Waals surface area contributed by atoms with Crippen LogP contribution in [0.1, 0.15) is 33.7 Å². The first kappa shape index (κ1) is 16.4. The van der Waals surface area contributed by atoms with E-state index in [0.29, 0.717) is 17.1 Å². The van der Waals surface area contributed by atoms with E-state index in [9.17, 15) is 10.1 Å². The summed E-state index contributed by atoms with van der Waals surface area (Å²) >= 11 is 0. The molecule has 0 saturated carbocycles. The summed E-state index contributed by atoms with van der Waals surface area (Å²) < 4.78 is 11.0. The summed E-state index contributed by atoms with van der Waals surface area (Å²) in [6, 6.07) is 15.8. The zero-order chi connectivity index (χ0) is 17.8. The van der Waals surface area contributed by atoms with Crippen molar-refractivity contribution in [1.82, 2.24) is 9.97 Å². The van der Waals surface area contributed by atoms with Crippen LogP contribution in [0, 0.1) is 25.2 Å². The van der Waals surface area contributed by atoms with Gasteiger partial charge >= 0.3 is 0 Å². The number of carbonyl (C=O) groups is 1. The quantitative estimate of drug-likeness (QED) is 0.656. The minimum Gasteiger partial charge on any atom is -0.426 e. The Labute approximate surface area is 144 Å². The predicted octanol–water partition coefficient (Wildman–Crippen LogP) is 3.97. The Morgan fingerprint density at radius 1 is 1.12 bits per heavy atom. The summed E-state index contributed by atoms with van der Waals surface area (Å²) in [5.41, 5.74) is 1.39. The van der Waals surface area contributed by atoms with Crippen molar-refractivity contribution in [3.05, 3.63) is 71.5 Å². The van der Waals surface area contributed by atoms with E-state index in [2.05, 4.69) is 9.97 Å². The number of rotatable bonds is 5. The molecule has 0 N–H and O–H groups in total. The van der Waals surface area contributed by atoms with Crippen molar-refractivity contribution in [3.63, 3.8) is 0 Å². The van der Waals surface area contributed by atoms with E-state index < -0.39 is 11.7 Å². The van der Waals surface area contributed by atoms with Crippen molar-refractivity contribution < 1.29 is 13.9 Å². The fourth-order valence-corrected chi connectivity index (χ4v) is 2.37.